The molecule has 2 rings (SSSR count). The molecule has 1 fully saturated rings. The number of rotatable bonds is 4. The highest BCUT2D eigenvalue weighted by Gasteiger charge is 2.53. The van der Waals surface area contributed by atoms with Gasteiger partial charge < -0.3 is 19.0 Å². The van der Waals surface area contributed by atoms with Crippen LogP contribution in [0.4, 0.5) is 0 Å². The van der Waals surface area contributed by atoms with Gasteiger partial charge in [-0.15, -0.1) is 0 Å². The van der Waals surface area contributed by atoms with Gasteiger partial charge >= 0.3 is 13.1 Å². The lowest BCUT2D eigenvalue weighted by Crippen LogP contribution is -2.41. The van der Waals surface area contributed by atoms with E-state index in [2.05, 4.69) is 4.98 Å². The SMILES string of the molecule is CCOC(=O)c1c(CC)c[nH]c1B1OC(C)(C)C(C)(C)O1. The van der Waals surface area contributed by atoms with Crippen LogP contribution in [0.25, 0.3) is 0 Å². The highest BCUT2D eigenvalue weighted by Crippen LogP contribution is 2.36. The normalized spacial score (nSPS) is 19.8. The molecule has 0 bridgehead atoms. The summed E-state index contributed by atoms with van der Waals surface area (Å²) in [6.07, 6.45) is 2.57. The Kier molecular flexibility index (Phi) is 4.22. The second-order valence-electron chi connectivity index (χ2n) is 6.26. The number of hydrogen-bond acceptors (Lipinski definition) is 4. The molecular formula is C15H24BNO4. The number of aromatic nitrogens is 1. The monoisotopic (exact) mass is 293 g/mol. The highest BCUT2D eigenvalue weighted by molar-refractivity contribution is 6.62. The minimum atomic E-state index is -0.588. The molecule has 1 N–H and O–H groups in total. The zero-order valence-corrected chi connectivity index (χ0v) is 13.7. The Hall–Kier alpha value is -1.27. The van der Waals surface area contributed by atoms with Crippen molar-refractivity contribution < 1.29 is 18.8 Å². The standard InChI is InChI=1S/C15H24BNO4/c1-7-10-9-17-12(11(10)13(18)19-8-2)16-20-14(3,4)15(5,6)21-16/h9,17H,7-8H2,1-6H3. The third kappa shape index (κ3) is 2.74. The smallest absolute Gasteiger partial charge is 0.462 e. The van der Waals surface area contributed by atoms with Gasteiger partial charge in [-0.2, -0.15) is 0 Å². The molecule has 1 aromatic rings. The Balaban J connectivity index is 2.38. The van der Waals surface area contributed by atoms with Crippen molar-refractivity contribution in [3.63, 3.8) is 0 Å². The van der Waals surface area contributed by atoms with Gasteiger partial charge in [-0.05, 0) is 46.6 Å². The van der Waals surface area contributed by atoms with Gasteiger partial charge in [-0.3, -0.25) is 0 Å². The first-order valence-corrected chi connectivity index (χ1v) is 7.46. The van der Waals surface area contributed by atoms with Crippen LogP contribution in [0.2, 0.25) is 0 Å². The predicted molar refractivity (Wildman–Crippen MR) is 81.8 cm³/mol. The van der Waals surface area contributed by atoms with E-state index in [1.54, 1.807) is 6.92 Å². The molecule has 1 aliphatic heterocycles. The number of H-pyrrole nitrogens is 1. The summed E-state index contributed by atoms with van der Waals surface area (Å²) < 4.78 is 17.2. The molecule has 5 nitrogen and oxygen atoms in total. The summed E-state index contributed by atoms with van der Waals surface area (Å²) in [4.78, 5) is 15.4. The molecule has 116 valence electrons. The lowest BCUT2D eigenvalue weighted by atomic mass is 9.81. The molecule has 0 aliphatic carbocycles. The molecule has 1 aliphatic rings. The van der Waals surface area contributed by atoms with Gasteiger partial charge in [0.2, 0.25) is 0 Å². The summed E-state index contributed by atoms with van der Waals surface area (Å²) in [7, 11) is -0.588. The molecule has 0 saturated carbocycles. The first kappa shape index (κ1) is 16.1. The first-order valence-electron chi connectivity index (χ1n) is 7.46. The van der Waals surface area contributed by atoms with E-state index in [9.17, 15) is 4.79 Å². The maximum atomic E-state index is 12.2. The molecule has 0 spiro atoms. The van der Waals surface area contributed by atoms with Crippen LogP contribution in [0.1, 0.15) is 57.5 Å². The molecule has 0 radical (unpaired) electrons. The van der Waals surface area contributed by atoms with E-state index in [-0.39, 0.29) is 5.97 Å². The minimum absolute atomic E-state index is 0.333. The topological polar surface area (TPSA) is 60.6 Å². The van der Waals surface area contributed by atoms with E-state index >= 15 is 0 Å². The summed E-state index contributed by atoms with van der Waals surface area (Å²) in [5.41, 5.74) is 1.21. The van der Waals surface area contributed by atoms with E-state index in [4.69, 9.17) is 14.0 Å². The number of carbonyl (C=O) groups excluding carboxylic acids is 1. The Bertz CT molecular complexity index is 520. The van der Waals surface area contributed by atoms with Gasteiger partial charge in [0, 0.05) is 6.20 Å². The lowest BCUT2D eigenvalue weighted by molar-refractivity contribution is 0.00578. The molecular weight excluding hydrogens is 269 g/mol. The number of aryl methyl sites for hydroxylation is 1. The average molecular weight is 293 g/mol. The fraction of sp³-hybridized carbons (Fsp3) is 0.667. The van der Waals surface area contributed by atoms with Crippen molar-refractivity contribution in [3.8, 4) is 0 Å². The van der Waals surface area contributed by atoms with Crippen molar-refractivity contribution in [3.05, 3.63) is 17.3 Å². The van der Waals surface area contributed by atoms with E-state index in [0.29, 0.717) is 17.8 Å². The molecule has 21 heavy (non-hydrogen) atoms. The van der Waals surface area contributed by atoms with Crippen molar-refractivity contribution in [1.29, 1.82) is 0 Å². The molecule has 0 atom stereocenters. The van der Waals surface area contributed by atoms with Crippen LogP contribution in [0.15, 0.2) is 6.20 Å². The van der Waals surface area contributed by atoms with Crippen LogP contribution >= 0.6 is 0 Å². The second-order valence-corrected chi connectivity index (χ2v) is 6.26. The molecule has 1 saturated heterocycles. The fourth-order valence-corrected chi connectivity index (χ4v) is 2.35. The van der Waals surface area contributed by atoms with Gasteiger partial charge in [0.25, 0.3) is 0 Å². The van der Waals surface area contributed by atoms with Crippen molar-refractivity contribution in [2.75, 3.05) is 6.61 Å². The van der Waals surface area contributed by atoms with Crippen LogP contribution in [0, 0.1) is 0 Å². The Morgan fingerprint density at radius 3 is 2.29 bits per heavy atom. The maximum Gasteiger partial charge on any atom is 0.513 e. The van der Waals surface area contributed by atoms with Crippen LogP contribution in [0.5, 0.6) is 0 Å². The maximum absolute atomic E-state index is 12.2. The number of ether oxygens (including phenoxy) is 1. The van der Waals surface area contributed by atoms with Crippen LogP contribution in [0.3, 0.4) is 0 Å². The van der Waals surface area contributed by atoms with Crippen LogP contribution in [-0.2, 0) is 20.5 Å². The van der Waals surface area contributed by atoms with Gasteiger partial charge in [-0.25, -0.2) is 4.79 Å². The molecule has 6 heteroatoms. The second kappa shape index (κ2) is 5.50. The number of esters is 1. The van der Waals surface area contributed by atoms with E-state index in [0.717, 1.165) is 12.0 Å². The highest BCUT2D eigenvalue weighted by atomic mass is 16.7. The van der Waals surface area contributed by atoms with Crippen molar-refractivity contribution in [1.82, 2.24) is 4.98 Å². The minimum Gasteiger partial charge on any atom is -0.462 e. The van der Waals surface area contributed by atoms with E-state index in [1.165, 1.54) is 0 Å². The molecule has 0 amide bonds. The van der Waals surface area contributed by atoms with E-state index < -0.39 is 18.3 Å². The predicted octanol–water partition coefficient (Wildman–Crippen LogP) is 2.05. The van der Waals surface area contributed by atoms with Crippen molar-refractivity contribution >= 4 is 18.7 Å². The summed E-state index contributed by atoms with van der Waals surface area (Å²) in [6.45, 7) is 12.1. The van der Waals surface area contributed by atoms with Crippen molar-refractivity contribution in [2.24, 2.45) is 0 Å². The Morgan fingerprint density at radius 1 is 1.24 bits per heavy atom. The van der Waals surface area contributed by atoms with Gasteiger partial charge in [0.15, 0.2) is 0 Å². The van der Waals surface area contributed by atoms with Crippen LogP contribution < -0.4 is 5.59 Å². The largest absolute Gasteiger partial charge is 0.513 e. The Morgan fingerprint density at radius 2 is 1.81 bits per heavy atom. The van der Waals surface area contributed by atoms with Crippen LogP contribution in [-0.4, -0.2) is 35.9 Å². The van der Waals surface area contributed by atoms with Gasteiger partial charge in [0.1, 0.15) is 0 Å². The third-order valence-corrected chi connectivity index (χ3v) is 4.34. The zero-order valence-electron chi connectivity index (χ0n) is 13.7. The third-order valence-electron chi connectivity index (χ3n) is 4.34. The number of carbonyl (C=O) groups is 1. The number of aromatic amines is 1. The summed E-state index contributed by atoms with van der Waals surface area (Å²) in [5, 5.41) is 0. The summed E-state index contributed by atoms with van der Waals surface area (Å²) in [6, 6.07) is 0. The molecule has 2 heterocycles. The van der Waals surface area contributed by atoms with Gasteiger partial charge in [-0.1, -0.05) is 6.92 Å². The van der Waals surface area contributed by atoms with Gasteiger partial charge in [0.05, 0.1) is 29.0 Å². The Labute approximate surface area is 126 Å². The summed E-state index contributed by atoms with van der Waals surface area (Å²) in [5.74, 6) is -0.333. The quantitative estimate of drug-likeness (QED) is 0.682. The molecule has 0 aromatic carbocycles. The van der Waals surface area contributed by atoms with Crippen molar-refractivity contribution in [2.45, 2.75) is 59.2 Å². The average Bonchev–Trinajstić information content (AvgIpc) is 2.89. The number of nitrogens with one attached hydrogen (secondary N) is 1. The zero-order chi connectivity index (χ0) is 15.8. The fourth-order valence-electron chi connectivity index (χ4n) is 2.35. The summed E-state index contributed by atoms with van der Waals surface area (Å²) >= 11 is 0. The number of hydrogen-bond donors (Lipinski definition) is 1. The molecule has 1 aromatic heterocycles. The lowest BCUT2D eigenvalue weighted by Gasteiger charge is -2.32. The first-order chi connectivity index (χ1) is 9.73. The van der Waals surface area contributed by atoms with E-state index in [1.807, 2.05) is 40.8 Å². The molecule has 0 unspecified atom stereocenters.